The van der Waals surface area contributed by atoms with Crippen LogP contribution in [0.2, 0.25) is 0 Å². The molecule has 2 heterocycles. The van der Waals surface area contributed by atoms with Gasteiger partial charge in [-0.1, -0.05) is 127 Å². The van der Waals surface area contributed by atoms with Gasteiger partial charge in [0.05, 0.1) is 28.6 Å². The van der Waals surface area contributed by atoms with Crippen LogP contribution in [-0.4, -0.2) is 4.57 Å². The Hall–Kier alpha value is -6.52. The van der Waals surface area contributed by atoms with Gasteiger partial charge in [-0.15, -0.1) is 0 Å². The van der Waals surface area contributed by atoms with Crippen LogP contribution in [0.1, 0.15) is 28.4 Å². The summed E-state index contributed by atoms with van der Waals surface area (Å²) in [7, 11) is 0. The molecular weight excluding hydrogens is 621 g/mol. The Kier molecular flexibility index (Phi) is 8.57. The number of hydrogen-bond donors (Lipinski definition) is 3. The Morgan fingerprint density at radius 1 is 0.765 bits per heavy atom. The van der Waals surface area contributed by atoms with Crippen molar-refractivity contribution >= 4 is 38.5 Å². The molecule has 4 nitrogen and oxygen atoms in total. The highest BCUT2D eigenvalue weighted by molar-refractivity contribution is 6.15. The molecule has 0 fully saturated rings. The molecule has 1 unspecified atom stereocenters. The first kappa shape index (κ1) is 31.7. The Bertz CT molecular complexity index is 2490. The fourth-order valence-corrected chi connectivity index (χ4v) is 7.53. The van der Waals surface area contributed by atoms with Crippen LogP contribution in [0.15, 0.2) is 181 Å². The number of aryl methyl sites for hydroxylation is 1. The number of benzene rings is 6. The molecule has 5 N–H and O–H groups in total. The predicted molar refractivity (Wildman–Crippen MR) is 216 cm³/mol. The summed E-state index contributed by atoms with van der Waals surface area (Å²) < 4.78 is 2.27. The molecule has 0 spiro atoms. The summed E-state index contributed by atoms with van der Waals surface area (Å²) in [6.07, 6.45) is 17.0. The molecule has 0 saturated heterocycles. The molecule has 7 aromatic rings. The van der Waals surface area contributed by atoms with Gasteiger partial charge in [-0.3, -0.25) is 0 Å². The van der Waals surface area contributed by atoms with Crippen molar-refractivity contribution in [3.63, 3.8) is 0 Å². The first-order valence-corrected chi connectivity index (χ1v) is 17.5. The molecule has 1 aliphatic rings. The van der Waals surface area contributed by atoms with Crippen molar-refractivity contribution < 1.29 is 0 Å². The van der Waals surface area contributed by atoms with E-state index in [4.69, 9.17) is 11.5 Å². The number of nitrogens with one attached hydrogen (secondary N) is 1. The minimum absolute atomic E-state index is 0.0147. The molecule has 0 bridgehead atoms. The molecular formula is C47H40N4. The molecule has 6 aromatic carbocycles. The van der Waals surface area contributed by atoms with Gasteiger partial charge in [-0.05, 0) is 111 Å². The standard InChI is InChI=1S/C47H40N4/c1-32-41-31-34(27-28-46(41)51(45(32)29-30-48)35-17-6-3-7-18-35)43-25-14-26-44(50-43)42(49)24-13-12-19-36-37-20-8-10-22-39(37)47(33-15-4-2-5-16-33)40-23-11-9-21-38(36)40/h2-18,20-31,43,50H,19,48-49H2,1H3/b13-12-,30-29-,42-24-. The van der Waals surface area contributed by atoms with Gasteiger partial charge in [0.2, 0.25) is 0 Å². The Balaban J connectivity index is 1.05. The molecule has 1 aliphatic heterocycles. The van der Waals surface area contributed by atoms with Gasteiger partial charge in [-0.2, -0.15) is 0 Å². The minimum Gasteiger partial charge on any atom is -0.405 e. The molecule has 8 rings (SSSR count). The SMILES string of the molecule is Cc1c(/C=C\N)n(-c2ccccc2)c2ccc(C3C=CC=C(/C(N)=C/C=C\Cc4c5ccccc5c(-c5ccccc5)c5ccccc45)N3)cc12. The molecule has 0 amide bonds. The van der Waals surface area contributed by atoms with Gasteiger partial charge in [0.25, 0.3) is 0 Å². The van der Waals surface area contributed by atoms with Crippen LogP contribution in [0.25, 0.3) is 55.3 Å². The fourth-order valence-electron chi connectivity index (χ4n) is 7.53. The van der Waals surface area contributed by atoms with E-state index in [9.17, 15) is 0 Å². The number of aromatic nitrogens is 1. The Morgan fingerprint density at radius 3 is 2.10 bits per heavy atom. The van der Waals surface area contributed by atoms with E-state index < -0.39 is 0 Å². The third kappa shape index (κ3) is 5.91. The molecule has 4 heteroatoms. The van der Waals surface area contributed by atoms with Gasteiger partial charge < -0.3 is 21.4 Å². The minimum atomic E-state index is -0.0147. The van der Waals surface area contributed by atoms with Crippen molar-refractivity contribution in [3.05, 3.63) is 204 Å². The number of allylic oxidation sites excluding steroid dienone is 5. The normalized spacial score (nSPS) is 15.0. The van der Waals surface area contributed by atoms with Crippen molar-refractivity contribution in [2.75, 3.05) is 0 Å². The molecule has 0 saturated carbocycles. The van der Waals surface area contributed by atoms with Crippen molar-refractivity contribution in [2.24, 2.45) is 11.5 Å². The van der Waals surface area contributed by atoms with Gasteiger partial charge in [0.15, 0.2) is 0 Å². The Labute approximate surface area is 299 Å². The van der Waals surface area contributed by atoms with E-state index in [1.54, 1.807) is 6.20 Å². The van der Waals surface area contributed by atoms with E-state index in [0.29, 0.717) is 5.70 Å². The highest BCUT2D eigenvalue weighted by atomic mass is 15.0. The van der Waals surface area contributed by atoms with Crippen LogP contribution in [0.4, 0.5) is 0 Å². The quantitative estimate of drug-likeness (QED) is 0.112. The first-order chi connectivity index (χ1) is 25.1. The average molecular weight is 661 g/mol. The summed E-state index contributed by atoms with van der Waals surface area (Å²) in [6, 6.07) is 45.3. The maximum atomic E-state index is 6.69. The van der Waals surface area contributed by atoms with Crippen molar-refractivity contribution in [1.29, 1.82) is 0 Å². The lowest BCUT2D eigenvalue weighted by molar-refractivity contribution is 0.709. The maximum absolute atomic E-state index is 6.69. The molecule has 0 aliphatic carbocycles. The van der Waals surface area contributed by atoms with E-state index in [-0.39, 0.29) is 6.04 Å². The summed E-state index contributed by atoms with van der Waals surface area (Å²) in [5, 5.41) is 9.96. The lowest BCUT2D eigenvalue weighted by atomic mass is 9.87. The number of rotatable bonds is 8. The van der Waals surface area contributed by atoms with Crippen LogP contribution < -0.4 is 16.8 Å². The zero-order valence-electron chi connectivity index (χ0n) is 28.6. The third-order valence-corrected chi connectivity index (χ3v) is 9.95. The highest BCUT2D eigenvalue weighted by Gasteiger charge is 2.19. The number of nitrogens with zero attached hydrogens (tertiary/aromatic N) is 1. The summed E-state index contributed by atoms with van der Waals surface area (Å²) in [4.78, 5) is 0. The molecule has 1 aromatic heterocycles. The monoisotopic (exact) mass is 660 g/mol. The van der Waals surface area contributed by atoms with Crippen LogP contribution in [0.5, 0.6) is 0 Å². The van der Waals surface area contributed by atoms with E-state index >= 15 is 0 Å². The van der Waals surface area contributed by atoms with Gasteiger partial charge in [0, 0.05) is 11.1 Å². The molecule has 1 atom stereocenters. The molecule has 248 valence electrons. The lowest BCUT2D eigenvalue weighted by Gasteiger charge is -2.22. The maximum Gasteiger partial charge on any atom is 0.0702 e. The fraction of sp³-hybridized carbons (Fsp3) is 0.0638. The summed E-state index contributed by atoms with van der Waals surface area (Å²) in [5.74, 6) is 0. The van der Waals surface area contributed by atoms with Gasteiger partial charge >= 0.3 is 0 Å². The zero-order chi connectivity index (χ0) is 34.7. The number of hydrogen-bond acceptors (Lipinski definition) is 3. The van der Waals surface area contributed by atoms with E-state index in [2.05, 4.69) is 162 Å². The Morgan fingerprint density at radius 2 is 1.41 bits per heavy atom. The van der Waals surface area contributed by atoms with Crippen LogP contribution >= 0.6 is 0 Å². The van der Waals surface area contributed by atoms with E-state index in [1.807, 2.05) is 24.3 Å². The van der Waals surface area contributed by atoms with Crippen LogP contribution in [-0.2, 0) is 6.42 Å². The topological polar surface area (TPSA) is 69.0 Å². The number of nitrogens with two attached hydrogens (primary N) is 2. The summed E-state index contributed by atoms with van der Waals surface area (Å²) >= 11 is 0. The van der Waals surface area contributed by atoms with Crippen molar-refractivity contribution in [2.45, 2.75) is 19.4 Å². The largest absolute Gasteiger partial charge is 0.405 e. The second-order valence-corrected chi connectivity index (χ2v) is 13.0. The summed E-state index contributed by atoms with van der Waals surface area (Å²) in [6.45, 7) is 2.16. The van der Waals surface area contributed by atoms with Gasteiger partial charge in [0.1, 0.15) is 0 Å². The van der Waals surface area contributed by atoms with E-state index in [0.717, 1.165) is 29.0 Å². The van der Waals surface area contributed by atoms with Crippen molar-refractivity contribution in [3.8, 4) is 16.8 Å². The second kappa shape index (κ2) is 13.8. The van der Waals surface area contributed by atoms with Crippen LogP contribution in [0.3, 0.4) is 0 Å². The van der Waals surface area contributed by atoms with Crippen LogP contribution in [0, 0.1) is 6.92 Å². The zero-order valence-corrected chi connectivity index (χ0v) is 28.6. The lowest BCUT2D eigenvalue weighted by Crippen LogP contribution is -2.24. The van der Waals surface area contributed by atoms with Gasteiger partial charge in [-0.25, -0.2) is 0 Å². The first-order valence-electron chi connectivity index (χ1n) is 17.5. The summed E-state index contributed by atoms with van der Waals surface area (Å²) in [5.41, 5.74) is 23.7. The number of fused-ring (bicyclic) bond motifs is 3. The second-order valence-electron chi connectivity index (χ2n) is 13.0. The molecule has 0 radical (unpaired) electrons. The van der Waals surface area contributed by atoms with E-state index in [1.165, 1.54) is 54.7 Å². The third-order valence-electron chi connectivity index (χ3n) is 9.95. The average Bonchev–Trinajstić information content (AvgIpc) is 3.46. The predicted octanol–water partition coefficient (Wildman–Crippen LogP) is 10.6. The van der Waals surface area contributed by atoms with Crippen molar-refractivity contribution in [1.82, 2.24) is 9.88 Å². The smallest absolute Gasteiger partial charge is 0.0702 e. The highest BCUT2D eigenvalue weighted by Crippen LogP contribution is 2.39. The number of para-hydroxylation sites is 1. The number of dihydropyridines is 1. The molecule has 51 heavy (non-hydrogen) atoms.